The SMILES string of the molecule is CNC(=O)c1cccc(-c2ccc(O[C@H]3O[C@H](COC(C)=O)[C@@H](OCc4ccccc4)[C@H](C[C@H]4O[C@H](COC(C)=O)[C@@H](OCc5ccccc5)[C@H](OCc5ccccc5)[C@@H]4OCc4ccccc4)[C@@H]3OCc3ccccc3)cc2)c1. The largest absolute Gasteiger partial charge is 0.463 e. The topological polar surface area (TPSA) is 156 Å². The molecule has 2 aliphatic heterocycles. The minimum atomic E-state index is -1.11. The second-order valence-electron chi connectivity index (χ2n) is 19.9. The summed E-state index contributed by atoms with van der Waals surface area (Å²) < 4.78 is 68.1. The molecule has 14 heteroatoms. The lowest BCUT2D eigenvalue weighted by Gasteiger charge is -2.50. The van der Waals surface area contributed by atoms with Gasteiger partial charge in [0.05, 0.1) is 45.2 Å². The van der Waals surface area contributed by atoms with Gasteiger partial charge in [-0.2, -0.15) is 0 Å². The first-order chi connectivity index (χ1) is 39.2. The highest BCUT2D eigenvalue weighted by Crippen LogP contribution is 2.41. The number of carbonyl (C=O) groups is 3. The highest BCUT2D eigenvalue weighted by atomic mass is 16.7. The Hall–Kier alpha value is -7.53. The fourth-order valence-electron chi connectivity index (χ4n) is 10.2. The van der Waals surface area contributed by atoms with Gasteiger partial charge in [-0.1, -0.05) is 176 Å². The Bertz CT molecular complexity index is 2990. The molecule has 1 N–H and O–H groups in total. The number of nitrogens with one attached hydrogen (secondary N) is 1. The molecule has 416 valence electrons. The van der Waals surface area contributed by atoms with Crippen molar-refractivity contribution in [1.82, 2.24) is 5.32 Å². The maximum absolute atomic E-state index is 12.7. The molecule has 0 spiro atoms. The third kappa shape index (κ3) is 16.1. The van der Waals surface area contributed by atoms with E-state index in [0.29, 0.717) is 11.3 Å². The van der Waals surface area contributed by atoms with Crippen LogP contribution in [-0.4, -0.2) is 93.2 Å². The standard InChI is InChI=1S/C66H69NO13/c1-45(68)71-43-58-60(73-38-47-20-9-4-10-21-47)56(61(74-39-48-22-11-5-12-23-48)66(80-58)78-55-34-32-52(33-35-55)53-30-19-31-54(36-53)65(70)67-3)37-57-62(75-40-49-24-13-6-14-25-49)64(77-42-51-28-17-8-18-29-51)63(59(79-57)44-72-46(2)69)76-41-50-26-15-7-16-27-50/h4-36,56-64,66H,37-44H2,1-3H3,(H,67,70)/t56-,57+,58+,59+,60-,61-,62+,63+,64+,66-/m0/s1. The van der Waals surface area contributed by atoms with E-state index in [9.17, 15) is 14.4 Å². The van der Waals surface area contributed by atoms with E-state index < -0.39 is 73.0 Å². The molecule has 0 aliphatic carbocycles. The van der Waals surface area contributed by atoms with Crippen LogP contribution < -0.4 is 10.1 Å². The van der Waals surface area contributed by atoms with Gasteiger partial charge in [-0.05, 0) is 69.6 Å². The number of ether oxygens (including phenoxy) is 10. The summed E-state index contributed by atoms with van der Waals surface area (Å²) in [6, 6.07) is 64.1. The summed E-state index contributed by atoms with van der Waals surface area (Å²) in [4.78, 5) is 38.1. The first-order valence-corrected chi connectivity index (χ1v) is 27.1. The van der Waals surface area contributed by atoms with Crippen LogP contribution in [0, 0.1) is 5.92 Å². The van der Waals surface area contributed by atoms with Crippen LogP contribution >= 0.6 is 0 Å². The fraction of sp³-hybridized carbons (Fsp3) is 0.318. The maximum Gasteiger partial charge on any atom is 0.302 e. The zero-order valence-electron chi connectivity index (χ0n) is 45.3. The molecule has 2 saturated heterocycles. The number of hydrogen-bond acceptors (Lipinski definition) is 13. The van der Waals surface area contributed by atoms with Crippen LogP contribution in [0.1, 0.15) is 58.4 Å². The molecule has 0 saturated carbocycles. The van der Waals surface area contributed by atoms with Gasteiger partial charge in [-0.3, -0.25) is 14.4 Å². The van der Waals surface area contributed by atoms with Gasteiger partial charge in [-0.15, -0.1) is 0 Å². The summed E-state index contributed by atoms with van der Waals surface area (Å²) >= 11 is 0. The fourth-order valence-corrected chi connectivity index (χ4v) is 10.2. The molecule has 2 heterocycles. The molecular weight excluding hydrogens is 1010 g/mol. The smallest absolute Gasteiger partial charge is 0.302 e. The average molecular weight is 1080 g/mol. The van der Waals surface area contributed by atoms with Crippen molar-refractivity contribution in [2.75, 3.05) is 20.3 Å². The zero-order valence-corrected chi connectivity index (χ0v) is 45.3. The van der Waals surface area contributed by atoms with Crippen LogP contribution in [-0.2, 0) is 85.3 Å². The van der Waals surface area contributed by atoms with Gasteiger partial charge >= 0.3 is 11.9 Å². The van der Waals surface area contributed by atoms with Crippen LogP contribution in [0.25, 0.3) is 11.1 Å². The Balaban J connectivity index is 1.14. The Morgan fingerprint density at radius 2 is 0.838 bits per heavy atom. The third-order valence-corrected chi connectivity index (χ3v) is 14.1. The quantitative estimate of drug-likeness (QED) is 0.0540. The van der Waals surface area contributed by atoms with E-state index in [1.807, 2.05) is 194 Å². The number of amides is 1. The van der Waals surface area contributed by atoms with Crippen LogP contribution in [0.4, 0.5) is 0 Å². The molecule has 0 radical (unpaired) electrons. The zero-order chi connectivity index (χ0) is 55.5. The molecule has 0 aromatic heterocycles. The number of carbonyl (C=O) groups excluding carboxylic acids is 3. The molecule has 0 unspecified atom stereocenters. The van der Waals surface area contributed by atoms with Gasteiger partial charge in [-0.25, -0.2) is 0 Å². The van der Waals surface area contributed by atoms with Gasteiger partial charge in [0.2, 0.25) is 6.29 Å². The van der Waals surface area contributed by atoms with Crippen molar-refractivity contribution >= 4 is 17.8 Å². The molecule has 10 atom stereocenters. The monoisotopic (exact) mass is 1080 g/mol. The minimum Gasteiger partial charge on any atom is -0.463 e. The van der Waals surface area contributed by atoms with Gasteiger partial charge < -0.3 is 52.7 Å². The second-order valence-corrected chi connectivity index (χ2v) is 19.9. The summed E-state index contributed by atoms with van der Waals surface area (Å²) in [5.74, 6) is -1.35. The molecule has 2 aliphatic rings. The molecular formula is C66H69NO13. The van der Waals surface area contributed by atoms with Crippen molar-refractivity contribution in [2.45, 2.75) is 108 Å². The van der Waals surface area contributed by atoms with Gasteiger partial charge in [0.1, 0.15) is 55.6 Å². The predicted octanol–water partition coefficient (Wildman–Crippen LogP) is 10.6. The molecule has 1 amide bonds. The normalized spacial score (nSPS) is 22.6. The van der Waals surface area contributed by atoms with E-state index in [1.165, 1.54) is 13.8 Å². The van der Waals surface area contributed by atoms with E-state index in [2.05, 4.69) is 5.32 Å². The lowest BCUT2D eigenvalue weighted by molar-refractivity contribution is -0.304. The molecule has 2 fully saturated rings. The molecule has 14 nitrogen and oxygen atoms in total. The average Bonchev–Trinajstić information content (AvgIpc) is 3.69. The highest BCUT2D eigenvalue weighted by Gasteiger charge is 2.54. The number of benzene rings is 7. The van der Waals surface area contributed by atoms with E-state index in [4.69, 9.17) is 47.4 Å². The Kier molecular flexibility index (Phi) is 20.8. The lowest BCUT2D eigenvalue weighted by atomic mass is 9.80. The molecule has 9 rings (SSSR count). The summed E-state index contributed by atoms with van der Waals surface area (Å²) in [5, 5.41) is 2.69. The van der Waals surface area contributed by atoms with E-state index >= 15 is 0 Å². The Morgan fingerprint density at radius 3 is 1.29 bits per heavy atom. The van der Waals surface area contributed by atoms with E-state index in [0.717, 1.165) is 38.9 Å². The van der Waals surface area contributed by atoms with Gasteiger partial charge in [0.15, 0.2) is 0 Å². The van der Waals surface area contributed by atoms with Crippen molar-refractivity contribution < 1.29 is 61.8 Å². The molecule has 0 bridgehead atoms. The van der Waals surface area contributed by atoms with Crippen molar-refractivity contribution in [3.8, 4) is 16.9 Å². The van der Waals surface area contributed by atoms with Crippen LogP contribution in [0.15, 0.2) is 200 Å². The first-order valence-electron chi connectivity index (χ1n) is 27.1. The predicted molar refractivity (Wildman–Crippen MR) is 300 cm³/mol. The van der Waals surface area contributed by atoms with Gasteiger partial charge in [0, 0.05) is 32.4 Å². The minimum absolute atomic E-state index is 0.148. The van der Waals surface area contributed by atoms with Crippen molar-refractivity contribution in [3.63, 3.8) is 0 Å². The van der Waals surface area contributed by atoms with Gasteiger partial charge in [0.25, 0.3) is 5.91 Å². The van der Waals surface area contributed by atoms with E-state index in [-0.39, 0.29) is 58.6 Å². The van der Waals surface area contributed by atoms with Crippen LogP contribution in [0.5, 0.6) is 5.75 Å². The van der Waals surface area contributed by atoms with E-state index in [1.54, 1.807) is 13.1 Å². The van der Waals surface area contributed by atoms with Crippen LogP contribution in [0.3, 0.4) is 0 Å². The summed E-state index contributed by atoms with van der Waals surface area (Å²) in [6.07, 6.45) is -7.59. The van der Waals surface area contributed by atoms with Crippen LogP contribution in [0.2, 0.25) is 0 Å². The number of hydrogen-bond donors (Lipinski definition) is 1. The lowest BCUT2D eigenvalue weighted by Crippen LogP contribution is -2.64. The van der Waals surface area contributed by atoms with Crippen molar-refractivity contribution in [2.24, 2.45) is 5.92 Å². The maximum atomic E-state index is 12.7. The number of rotatable bonds is 25. The number of esters is 2. The summed E-state index contributed by atoms with van der Waals surface area (Å²) in [7, 11) is 1.60. The Labute approximate surface area is 468 Å². The molecule has 7 aromatic carbocycles. The second kappa shape index (κ2) is 29.1. The third-order valence-electron chi connectivity index (χ3n) is 14.1. The summed E-state index contributed by atoms with van der Waals surface area (Å²) in [5.41, 5.74) is 6.84. The Morgan fingerprint density at radius 1 is 0.425 bits per heavy atom. The molecule has 80 heavy (non-hydrogen) atoms. The summed E-state index contributed by atoms with van der Waals surface area (Å²) in [6.45, 7) is 3.34. The first kappa shape index (κ1) is 57.2. The highest BCUT2D eigenvalue weighted by molar-refractivity contribution is 5.95. The molecule has 7 aromatic rings. The van der Waals surface area contributed by atoms with Crippen molar-refractivity contribution in [1.29, 1.82) is 0 Å². The van der Waals surface area contributed by atoms with Crippen molar-refractivity contribution in [3.05, 3.63) is 234 Å².